The van der Waals surface area contributed by atoms with Gasteiger partial charge in [0, 0.05) is 30.5 Å². The van der Waals surface area contributed by atoms with Crippen LogP contribution in [-0.2, 0) is 21.4 Å². The Labute approximate surface area is 188 Å². The summed E-state index contributed by atoms with van der Waals surface area (Å²) in [6, 6.07) is 4.58. The van der Waals surface area contributed by atoms with Gasteiger partial charge in [-0.05, 0) is 45.0 Å². The molecule has 0 aliphatic rings. The molecule has 3 aromatic rings. The number of amides is 1. The number of pyridine rings is 1. The Kier molecular flexibility index (Phi) is 6.41. The highest BCUT2D eigenvalue weighted by Crippen LogP contribution is 2.32. The van der Waals surface area contributed by atoms with Gasteiger partial charge >= 0.3 is 16.1 Å². The Bertz CT molecular complexity index is 1310. The van der Waals surface area contributed by atoms with Crippen molar-refractivity contribution in [2.45, 2.75) is 38.0 Å². The summed E-state index contributed by atoms with van der Waals surface area (Å²) in [6.07, 6.45) is 1.51. The molecule has 0 N–H and O–H groups in total. The van der Waals surface area contributed by atoms with Crippen LogP contribution in [0.3, 0.4) is 0 Å². The largest absolute Gasteiger partial charge is 0.444 e. The smallest absolute Gasteiger partial charge is 0.410 e. The van der Waals surface area contributed by atoms with Crippen LogP contribution in [0.1, 0.15) is 36.9 Å². The fourth-order valence-electron chi connectivity index (χ4n) is 2.74. The lowest BCUT2D eigenvalue weighted by Crippen LogP contribution is -2.42. The van der Waals surface area contributed by atoms with Crippen LogP contribution in [0.4, 0.5) is 13.6 Å². The van der Waals surface area contributed by atoms with Crippen LogP contribution in [0.5, 0.6) is 0 Å². The Hall–Kier alpha value is -3.54. The highest BCUT2D eigenvalue weighted by atomic mass is 32.2. The van der Waals surface area contributed by atoms with Crippen LogP contribution in [0.2, 0.25) is 0 Å². The molecule has 12 heteroatoms. The van der Waals surface area contributed by atoms with Gasteiger partial charge in [-0.2, -0.15) is 12.8 Å². The number of nitrogens with zero attached hydrogens (tertiary/aromatic N) is 3. The lowest BCUT2D eigenvalue weighted by atomic mass is 10.1. The summed E-state index contributed by atoms with van der Waals surface area (Å²) >= 11 is 0. The molecule has 0 radical (unpaired) electrons. The summed E-state index contributed by atoms with van der Waals surface area (Å²) in [5, 5.41) is -0.666. The Morgan fingerprint density at radius 2 is 1.97 bits per heavy atom. The summed E-state index contributed by atoms with van der Waals surface area (Å²) in [5.41, 5.74) is -2.01. The summed E-state index contributed by atoms with van der Waals surface area (Å²) in [4.78, 5) is 27.9. The summed E-state index contributed by atoms with van der Waals surface area (Å²) in [5.74, 6) is -2.51. The summed E-state index contributed by atoms with van der Waals surface area (Å²) < 4.78 is 66.7. The maximum Gasteiger partial charge on any atom is 0.410 e. The fraction of sp³-hybridized carbons (Fsp3) is 0.286. The molecular formula is C21H21F2N3O6S. The second-order valence-electron chi connectivity index (χ2n) is 8.02. The second-order valence-corrected chi connectivity index (χ2v) is 9.76. The number of carbonyl (C=O) groups excluding carboxylic acids is 2. The van der Waals surface area contributed by atoms with Crippen molar-refractivity contribution in [2.24, 2.45) is 0 Å². The van der Waals surface area contributed by atoms with E-state index in [-0.39, 0.29) is 11.3 Å². The molecule has 3 rings (SSSR count). The number of furan rings is 1. The van der Waals surface area contributed by atoms with Crippen LogP contribution in [0.25, 0.3) is 11.3 Å². The molecule has 3 heterocycles. The maximum absolute atomic E-state index is 15.4. The first kappa shape index (κ1) is 24.1. The minimum absolute atomic E-state index is 0.269. The average molecular weight is 481 g/mol. The molecule has 0 spiro atoms. The number of ether oxygens (including phenoxy) is 1. The monoisotopic (exact) mass is 481 g/mol. The van der Waals surface area contributed by atoms with E-state index in [1.807, 2.05) is 0 Å². The SMILES string of the molecule is CN(C(=O)OCc1cn(S(=O)(=O)c2ccc(C=O)o2)c(-c2cccnc2F)c1F)C(C)(C)C. The molecule has 9 nitrogen and oxygen atoms in total. The van der Waals surface area contributed by atoms with Crippen LogP contribution >= 0.6 is 0 Å². The van der Waals surface area contributed by atoms with E-state index >= 15 is 4.39 Å². The number of aldehydes is 1. The summed E-state index contributed by atoms with van der Waals surface area (Å²) in [6.45, 7) is 4.66. The van der Waals surface area contributed by atoms with Crippen molar-refractivity contribution in [2.75, 3.05) is 7.05 Å². The molecule has 3 aromatic heterocycles. The van der Waals surface area contributed by atoms with Gasteiger partial charge in [0.2, 0.25) is 11.0 Å². The van der Waals surface area contributed by atoms with Crippen molar-refractivity contribution in [3.8, 4) is 11.3 Å². The van der Waals surface area contributed by atoms with Crippen molar-refractivity contribution in [1.82, 2.24) is 13.9 Å². The third-order valence-corrected chi connectivity index (χ3v) is 6.39. The highest BCUT2D eigenvalue weighted by Gasteiger charge is 2.31. The normalized spacial score (nSPS) is 11.9. The third-order valence-electron chi connectivity index (χ3n) is 4.86. The quantitative estimate of drug-likeness (QED) is 0.388. The van der Waals surface area contributed by atoms with Crippen LogP contribution in [-0.4, -0.2) is 47.2 Å². The molecule has 0 fully saturated rings. The van der Waals surface area contributed by atoms with E-state index in [9.17, 15) is 22.4 Å². The lowest BCUT2D eigenvalue weighted by Gasteiger charge is -2.30. The molecule has 0 unspecified atom stereocenters. The minimum Gasteiger partial charge on any atom is -0.444 e. The van der Waals surface area contributed by atoms with E-state index in [1.165, 1.54) is 18.0 Å². The van der Waals surface area contributed by atoms with Gasteiger partial charge in [0.1, 0.15) is 12.3 Å². The standard InChI is InChI=1S/C21H21F2N3O6S/c1-21(2,3)25(4)20(28)31-12-13-10-26(33(29,30)16-8-7-14(11-27)32-16)18(17(13)22)15-6-5-9-24-19(15)23/h5-11H,12H2,1-4H3. The number of halogens is 2. The maximum atomic E-state index is 15.4. The second kappa shape index (κ2) is 8.77. The van der Waals surface area contributed by atoms with Crippen molar-refractivity contribution >= 4 is 22.4 Å². The first-order chi connectivity index (χ1) is 15.4. The molecule has 0 aliphatic carbocycles. The number of hydrogen-bond donors (Lipinski definition) is 0. The number of carbonyl (C=O) groups is 2. The van der Waals surface area contributed by atoms with Crippen LogP contribution < -0.4 is 0 Å². The highest BCUT2D eigenvalue weighted by molar-refractivity contribution is 7.89. The van der Waals surface area contributed by atoms with Crippen molar-refractivity contribution in [3.63, 3.8) is 0 Å². The first-order valence-corrected chi connectivity index (χ1v) is 11.0. The van der Waals surface area contributed by atoms with E-state index in [0.29, 0.717) is 10.3 Å². The molecule has 0 saturated carbocycles. The zero-order valence-electron chi connectivity index (χ0n) is 18.2. The van der Waals surface area contributed by atoms with Crippen LogP contribution in [0.15, 0.2) is 46.2 Å². The fourth-order valence-corrected chi connectivity index (χ4v) is 4.07. The molecule has 0 aromatic carbocycles. The van der Waals surface area contributed by atoms with E-state index in [2.05, 4.69) is 4.98 Å². The van der Waals surface area contributed by atoms with E-state index in [1.54, 1.807) is 20.8 Å². The number of rotatable bonds is 6. The molecule has 176 valence electrons. The first-order valence-electron chi connectivity index (χ1n) is 9.59. The molecule has 0 bridgehead atoms. The van der Waals surface area contributed by atoms with E-state index in [4.69, 9.17) is 9.15 Å². The zero-order chi connectivity index (χ0) is 24.6. The van der Waals surface area contributed by atoms with Gasteiger partial charge in [0.05, 0.1) is 5.56 Å². The lowest BCUT2D eigenvalue weighted by molar-refractivity contribution is 0.0753. The Morgan fingerprint density at radius 1 is 1.27 bits per heavy atom. The Balaban J connectivity index is 2.10. The molecule has 33 heavy (non-hydrogen) atoms. The van der Waals surface area contributed by atoms with Crippen LogP contribution in [0, 0.1) is 11.8 Å². The van der Waals surface area contributed by atoms with Gasteiger partial charge in [-0.1, -0.05) is 0 Å². The predicted octanol–water partition coefficient (Wildman–Crippen LogP) is 3.84. The van der Waals surface area contributed by atoms with Crippen molar-refractivity contribution < 1.29 is 35.9 Å². The zero-order valence-corrected chi connectivity index (χ0v) is 19.0. The number of hydrogen-bond acceptors (Lipinski definition) is 7. The van der Waals surface area contributed by atoms with Gasteiger partial charge in [0.15, 0.2) is 17.9 Å². The van der Waals surface area contributed by atoms with Crippen molar-refractivity contribution in [1.29, 1.82) is 0 Å². The van der Waals surface area contributed by atoms with Gasteiger partial charge in [-0.3, -0.25) is 4.79 Å². The minimum atomic E-state index is -4.60. The van der Waals surface area contributed by atoms with E-state index < -0.39 is 56.4 Å². The third kappa shape index (κ3) is 4.65. The molecule has 0 aliphatic heterocycles. The van der Waals surface area contributed by atoms with Crippen molar-refractivity contribution in [3.05, 3.63) is 59.7 Å². The molecule has 1 amide bonds. The van der Waals surface area contributed by atoms with Gasteiger partial charge in [-0.15, -0.1) is 0 Å². The molecule has 0 saturated heterocycles. The topological polar surface area (TPSA) is 112 Å². The van der Waals surface area contributed by atoms with Gasteiger partial charge < -0.3 is 14.1 Å². The molecule has 0 atom stereocenters. The predicted molar refractivity (Wildman–Crippen MR) is 112 cm³/mol. The number of aromatic nitrogens is 2. The molecular weight excluding hydrogens is 460 g/mol. The van der Waals surface area contributed by atoms with Gasteiger partial charge in [0.25, 0.3) is 0 Å². The Morgan fingerprint density at radius 3 is 2.55 bits per heavy atom. The van der Waals surface area contributed by atoms with E-state index in [0.717, 1.165) is 30.6 Å². The summed E-state index contributed by atoms with van der Waals surface area (Å²) in [7, 11) is -3.11. The average Bonchev–Trinajstić information content (AvgIpc) is 3.37. The van der Waals surface area contributed by atoms with Gasteiger partial charge in [-0.25, -0.2) is 18.1 Å².